The SMILES string of the molecule is O=C(Cn1cncn1)Nc1nc2ccc(Cl)cc2s1. The number of fused-ring (bicyclic) bond motifs is 1. The van der Waals surface area contributed by atoms with E-state index in [9.17, 15) is 4.79 Å². The Bertz CT molecular complexity index is 724. The van der Waals surface area contributed by atoms with Crippen LogP contribution < -0.4 is 5.32 Å². The monoisotopic (exact) mass is 293 g/mol. The topological polar surface area (TPSA) is 72.7 Å². The molecular weight excluding hydrogens is 286 g/mol. The van der Waals surface area contributed by atoms with Crippen LogP contribution in [0.2, 0.25) is 5.02 Å². The van der Waals surface area contributed by atoms with Crippen molar-refractivity contribution in [2.75, 3.05) is 5.32 Å². The van der Waals surface area contributed by atoms with Crippen LogP contribution in [0.25, 0.3) is 10.2 Å². The minimum atomic E-state index is -0.198. The Balaban J connectivity index is 1.76. The highest BCUT2D eigenvalue weighted by atomic mass is 35.5. The van der Waals surface area contributed by atoms with Gasteiger partial charge in [-0.2, -0.15) is 5.10 Å². The number of hydrogen-bond acceptors (Lipinski definition) is 5. The summed E-state index contributed by atoms with van der Waals surface area (Å²) in [5.41, 5.74) is 0.811. The number of amides is 1. The van der Waals surface area contributed by atoms with E-state index in [1.165, 1.54) is 28.7 Å². The molecule has 8 heteroatoms. The molecule has 0 bridgehead atoms. The molecule has 6 nitrogen and oxygen atoms in total. The van der Waals surface area contributed by atoms with Crippen LogP contribution in [0.15, 0.2) is 30.9 Å². The second-order valence-electron chi connectivity index (χ2n) is 3.77. The largest absolute Gasteiger partial charge is 0.300 e. The first kappa shape index (κ1) is 12.1. The summed E-state index contributed by atoms with van der Waals surface area (Å²) >= 11 is 7.28. The van der Waals surface area contributed by atoms with E-state index in [1.807, 2.05) is 12.1 Å². The molecule has 0 unspecified atom stereocenters. The van der Waals surface area contributed by atoms with Crippen LogP contribution >= 0.6 is 22.9 Å². The van der Waals surface area contributed by atoms with Crippen LogP contribution in [-0.4, -0.2) is 25.7 Å². The molecule has 0 saturated carbocycles. The van der Waals surface area contributed by atoms with E-state index < -0.39 is 0 Å². The first-order chi connectivity index (χ1) is 9.20. The third-order valence-electron chi connectivity index (χ3n) is 2.37. The fourth-order valence-electron chi connectivity index (χ4n) is 1.57. The standard InChI is InChI=1S/C11H8ClN5OS/c12-7-1-2-8-9(3-7)19-11(15-8)16-10(18)4-17-6-13-5-14-17/h1-3,5-6H,4H2,(H,15,16,18). The van der Waals surface area contributed by atoms with Crippen molar-refractivity contribution < 1.29 is 4.79 Å². The molecule has 0 aliphatic carbocycles. The summed E-state index contributed by atoms with van der Waals surface area (Å²) in [6.45, 7) is 0.108. The molecule has 1 aromatic carbocycles. The lowest BCUT2D eigenvalue weighted by Crippen LogP contribution is -2.18. The molecule has 0 fully saturated rings. The summed E-state index contributed by atoms with van der Waals surface area (Å²) in [7, 11) is 0. The van der Waals surface area contributed by atoms with Crippen LogP contribution in [-0.2, 0) is 11.3 Å². The summed E-state index contributed by atoms with van der Waals surface area (Å²) in [6, 6.07) is 5.41. The minimum Gasteiger partial charge on any atom is -0.300 e. The van der Waals surface area contributed by atoms with E-state index >= 15 is 0 Å². The number of anilines is 1. The second-order valence-corrected chi connectivity index (χ2v) is 5.24. The van der Waals surface area contributed by atoms with Crippen molar-refractivity contribution in [2.24, 2.45) is 0 Å². The Kier molecular flexibility index (Phi) is 3.14. The van der Waals surface area contributed by atoms with E-state index in [-0.39, 0.29) is 12.5 Å². The maximum atomic E-state index is 11.8. The summed E-state index contributed by atoms with van der Waals surface area (Å²) in [5.74, 6) is -0.198. The zero-order valence-corrected chi connectivity index (χ0v) is 11.1. The lowest BCUT2D eigenvalue weighted by atomic mass is 10.3. The molecule has 0 atom stereocenters. The van der Waals surface area contributed by atoms with Gasteiger partial charge in [-0.15, -0.1) is 0 Å². The van der Waals surface area contributed by atoms with Crippen LogP contribution in [0.5, 0.6) is 0 Å². The molecule has 3 aromatic rings. The average Bonchev–Trinajstić information content (AvgIpc) is 2.97. The zero-order chi connectivity index (χ0) is 13.2. The number of nitrogens with zero attached hydrogens (tertiary/aromatic N) is 4. The Morgan fingerprint density at radius 1 is 1.47 bits per heavy atom. The van der Waals surface area contributed by atoms with E-state index in [0.29, 0.717) is 10.2 Å². The molecular formula is C11H8ClN5OS. The number of carbonyl (C=O) groups is 1. The molecule has 96 valence electrons. The normalized spacial score (nSPS) is 10.8. The number of hydrogen-bond donors (Lipinski definition) is 1. The number of benzene rings is 1. The van der Waals surface area contributed by atoms with Crippen molar-refractivity contribution in [3.05, 3.63) is 35.9 Å². The maximum Gasteiger partial charge on any atom is 0.247 e. The van der Waals surface area contributed by atoms with Gasteiger partial charge in [-0.1, -0.05) is 22.9 Å². The molecule has 1 amide bonds. The summed E-state index contributed by atoms with van der Waals surface area (Å²) in [4.78, 5) is 19.8. The fourth-order valence-corrected chi connectivity index (χ4v) is 2.73. The van der Waals surface area contributed by atoms with Crippen molar-refractivity contribution in [3.8, 4) is 0 Å². The lowest BCUT2D eigenvalue weighted by Gasteiger charge is -2.00. The molecule has 0 saturated heterocycles. The number of carbonyl (C=O) groups excluding carboxylic acids is 1. The zero-order valence-electron chi connectivity index (χ0n) is 9.58. The molecule has 0 radical (unpaired) electrons. The first-order valence-corrected chi connectivity index (χ1v) is 6.58. The lowest BCUT2D eigenvalue weighted by molar-refractivity contribution is -0.116. The number of nitrogens with one attached hydrogen (secondary N) is 1. The highest BCUT2D eigenvalue weighted by Crippen LogP contribution is 2.28. The van der Waals surface area contributed by atoms with Gasteiger partial charge >= 0.3 is 0 Å². The van der Waals surface area contributed by atoms with E-state index in [1.54, 1.807) is 6.07 Å². The van der Waals surface area contributed by atoms with Gasteiger partial charge in [0.2, 0.25) is 5.91 Å². The Morgan fingerprint density at radius 2 is 2.37 bits per heavy atom. The Hall–Kier alpha value is -1.99. The quantitative estimate of drug-likeness (QED) is 0.803. The van der Waals surface area contributed by atoms with Crippen molar-refractivity contribution in [2.45, 2.75) is 6.54 Å². The van der Waals surface area contributed by atoms with Crippen LogP contribution in [0, 0.1) is 0 Å². The van der Waals surface area contributed by atoms with Gasteiger partial charge in [0.05, 0.1) is 10.2 Å². The molecule has 19 heavy (non-hydrogen) atoms. The first-order valence-electron chi connectivity index (χ1n) is 5.39. The predicted molar refractivity (Wildman–Crippen MR) is 73.3 cm³/mol. The van der Waals surface area contributed by atoms with Gasteiger partial charge in [0, 0.05) is 5.02 Å². The van der Waals surface area contributed by atoms with Gasteiger partial charge < -0.3 is 5.32 Å². The van der Waals surface area contributed by atoms with Gasteiger partial charge in [0.1, 0.15) is 19.2 Å². The third-order valence-corrected chi connectivity index (χ3v) is 3.54. The van der Waals surface area contributed by atoms with E-state index in [0.717, 1.165) is 10.2 Å². The van der Waals surface area contributed by atoms with Crippen molar-refractivity contribution in [1.29, 1.82) is 0 Å². The van der Waals surface area contributed by atoms with Gasteiger partial charge in [0.15, 0.2) is 5.13 Å². The number of rotatable bonds is 3. The fraction of sp³-hybridized carbons (Fsp3) is 0.0909. The van der Waals surface area contributed by atoms with E-state index in [2.05, 4.69) is 20.4 Å². The second kappa shape index (κ2) is 4.94. The molecule has 2 aromatic heterocycles. The maximum absolute atomic E-state index is 11.8. The molecule has 0 aliphatic rings. The third kappa shape index (κ3) is 2.72. The Morgan fingerprint density at radius 3 is 3.16 bits per heavy atom. The van der Waals surface area contributed by atoms with Gasteiger partial charge in [0.25, 0.3) is 0 Å². The Labute approximate surface area is 117 Å². The summed E-state index contributed by atoms with van der Waals surface area (Å²) in [5, 5.41) is 7.78. The van der Waals surface area contributed by atoms with Crippen LogP contribution in [0.3, 0.4) is 0 Å². The minimum absolute atomic E-state index is 0.108. The number of halogens is 1. The van der Waals surface area contributed by atoms with Crippen LogP contribution in [0.4, 0.5) is 5.13 Å². The highest BCUT2D eigenvalue weighted by Gasteiger charge is 2.09. The predicted octanol–water partition coefficient (Wildman–Crippen LogP) is 2.18. The molecule has 3 rings (SSSR count). The summed E-state index contributed by atoms with van der Waals surface area (Å²) < 4.78 is 2.38. The molecule has 2 heterocycles. The van der Waals surface area contributed by atoms with Crippen molar-refractivity contribution >= 4 is 44.2 Å². The van der Waals surface area contributed by atoms with Gasteiger partial charge in [-0.3, -0.25) is 4.79 Å². The molecule has 1 N–H and O–H groups in total. The number of aromatic nitrogens is 4. The van der Waals surface area contributed by atoms with E-state index in [4.69, 9.17) is 11.6 Å². The van der Waals surface area contributed by atoms with Crippen molar-refractivity contribution in [3.63, 3.8) is 0 Å². The average molecular weight is 294 g/mol. The number of thiazole rings is 1. The highest BCUT2D eigenvalue weighted by molar-refractivity contribution is 7.22. The molecule has 0 spiro atoms. The smallest absolute Gasteiger partial charge is 0.247 e. The van der Waals surface area contributed by atoms with Gasteiger partial charge in [-0.05, 0) is 18.2 Å². The van der Waals surface area contributed by atoms with Crippen LogP contribution in [0.1, 0.15) is 0 Å². The van der Waals surface area contributed by atoms with Gasteiger partial charge in [-0.25, -0.2) is 14.6 Å². The molecule has 0 aliphatic heterocycles. The summed E-state index contributed by atoms with van der Waals surface area (Å²) in [6.07, 6.45) is 2.87. The van der Waals surface area contributed by atoms with Crippen molar-refractivity contribution in [1.82, 2.24) is 19.7 Å².